The van der Waals surface area contributed by atoms with Gasteiger partial charge in [-0.1, -0.05) is 26.7 Å². The summed E-state index contributed by atoms with van der Waals surface area (Å²) in [5.74, 6) is 2.07. The first-order valence-electron chi connectivity index (χ1n) is 5.46. The molecule has 0 aliphatic heterocycles. The fourth-order valence-electron chi connectivity index (χ4n) is 1.87. The molecule has 2 unspecified atom stereocenters. The second-order valence-corrected chi connectivity index (χ2v) is 3.95. The highest BCUT2D eigenvalue weighted by Gasteiger charge is 2.34. The molecule has 0 aromatic heterocycles. The molecule has 1 fully saturated rings. The normalized spacial score (nSPS) is 27.5. The third-order valence-corrected chi connectivity index (χ3v) is 2.71. The first kappa shape index (κ1) is 10.0. The first-order chi connectivity index (χ1) is 5.88. The quantitative estimate of drug-likeness (QED) is 0.533. The van der Waals surface area contributed by atoms with E-state index in [-0.39, 0.29) is 0 Å². The molecule has 1 saturated carbocycles. The summed E-state index contributed by atoms with van der Waals surface area (Å²) < 4.78 is 5.46. The summed E-state index contributed by atoms with van der Waals surface area (Å²) in [6.07, 6.45) is 6.74. The molecule has 2 atom stereocenters. The Labute approximate surface area is 76.5 Å². The molecule has 0 spiro atoms. The van der Waals surface area contributed by atoms with Crippen LogP contribution in [0.2, 0.25) is 0 Å². The van der Waals surface area contributed by atoms with Crippen LogP contribution in [0.15, 0.2) is 0 Å². The third kappa shape index (κ3) is 3.57. The Morgan fingerprint density at radius 1 is 1.00 bits per heavy atom. The van der Waals surface area contributed by atoms with Gasteiger partial charge in [0.2, 0.25) is 0 Å². The van der Waals surface area contributed by atoms with Crippen LogP contribution in [0, 0.1) is 11.8 Å². The summed E-state index contributed by atoms with van der Waals surface area (Å²) in [6, 6.07) is 0. The van der Waals surface area contributed by atoms with Gasteiger partial charge in [-0.25, -0.2) is 0 Å². The standard InChI is InChI=1S/C11H22O/c1-3-5-10-9-11(10)6-8-12-7-4-2/h10-11H,3-9H2,1-2H3. The van der Waals surface area contributed by atoms with Crippen LogP contribution in [-0.4, -0.2) is 13.2 Å². The van der Waals surface area contributed by atoms with E-state index in [9.17, 15) is 0 Å². The summed E-state index contributed by atoms with van der Waals surface area (Å²) in [6.45, 7) is 6.39. The summed E-state index contributed by atoms with van der Waals surface area (Å²) in [7, 11) is 0. The molecule has 12 heavy (non-hydrogen) atoms. The van der Waals surface area contributed by atoms with Crippen molar-refractivity contribution in [2.24, 2.45) is 11.8 Å². The molecule has 1 aliphatic carbocycles. The zero-order valence-electron chi connectivity index (χ0n) is 8.51. The Hall–Kier alpha value is -0.0400. The fourth-order valence-corrected chi connectivity index (χ4v) is 1.87. The molecule has 1 nitrogen and oxygen atoms in total. The lowest BCUT2D eigenvalue weighted by atomic mass is 10.2. The van der Waals surface area contributed by atoms with Gasteiger partial charge in [0, 0.05) is 13.2 Å². The van der Waals surface area contributed by atoms with Gasteiger partial charge in [-0.05, 0) is 31.1 Å². The van der Waals surface area contributed by atoms with Crippen molar-refractivity contribution in [1.82, 2.24) is 0 Å². The summed E-state index contributed by atoms with van der Waals surface area (Å²) >= 11 is 0. The zero-order chi connectivity index (χ0) is 8.81. The van der Waals surface area contributed by atoms with Gasteiger partial charge in [0.25, 0.3) is 0 Å². The van der Waals surface area contributed by atoms with E-state index in [4.69, 9.17) is 4.74 Å². The van der Waals surface area contributed by atoms with Gasteiger partial charge in [0.1, 0.15) is 0 Å². The average molecular weight is 170 g/mol. The maximum atomic E-state index is 5.46. The summed E-state index contributed by atoms with van der Waals surface area (Å²) in [5, 5.41) is 0. The molecule has 0 aromatic rings. The molecule has 0 bridgehead atoms. The second kappa shape index (κ2) is 5.58. The first-order valence-corrected chi connectivity index (χ1v) is 5.46. The Bertz CT molecular complexity index is 112. The minimum absolute atomic E-state index is 0.950. The predicted molar refractivity (Wildman–Crippen MR) is 52.2 cm³/mol. The van der Waals surface area contributed by atoms with Crippen LogP contribution < -0.4 is 0 Å². The van der Waals surface area contributed by atoms with Crippen LogP contribution in [0.1, 0.15) is 46.0 Å². The number of rotatable bonds is 7. The molecular formula is C11H22O. The highest BCUT2D eigenvalue weighted by Crippen LogP contribution is 2.44. The summed E-state index contributed by atoms with van der Waals surface area (Å²) in [5.41, 5.74) is 0. The van der Waals surface area contributed by atoms with E-state index in [1.54, 1.807) is 0 Å². The van der Waals surface area contributed by atoms with Gasteiger partial charge in [-0.3, -0.25) is 0 Å². The Kier molecular flexibility index (Phi) is 4.67. The van der Waals surface area contributed by atoms with Crippen molar-refractivity contribution in [3.8, 4) is 0 Å². The zero-order valence-corrected chi connectivity index (χ0v) is 8.51. The molecular weight excluding hydrogens is 148 g/mol. The van der Waals surface area contributed by atoms with Gasteiger partial charge in [-0.2, -0.15) is 0 Å². The Morgan fingerprint density at radius 2 is 1.75 bits per heavy atom. The van der Waals surface area contributed by atoms with Gasteiger partial charge in [-0.15, -0.1) is 0 Å². The summed E-state index contributed by atoms with van der Waals surface area (Å²) in [4.78, 5) is 0. The molecule has 72 valence electrons. The van der Waals surface area contributed by atoms with Crippen molar-refractivity contribution in [1.29, 1.82) is 0 Å². The van der Waals surface area contributed by atoms with Crippen molar-refractivity contribution >= 4 is 0 Å². The monoisotopic (exact) mass is 170 g/mol. The average Bonchev–Trinajstić information content (AvgIpc) is 2.79. The van der Waals surface area contributed by atoms with Gasteiger partial charge >= 0.3 is 0 Å². The van der Waals surface area contributed by atoms with E-state index in [1.165, 1.54) is 25.7 Å². The predicted octanol–water partition coefficient (Wildman–Crippen LogP) is 3.24. The van der Waals surface area contributed by atoms with Crippen LogP contribution in [0.5, 0.6) is 0 Å². The lowest BCUT2D eigenvalue weighted by Gasteiger charge is -2.01. The highest BCUT2D eigenvalue weighted by molar-refractivity contribution is 4.85. The highest BCUT2D eigenvalue weighted by atomic mass is 16.5. The fraction of sp³-hybridized carbons (Fsp3) is 1.00. The van der Waals surface area contributed by atoms with E-state index in [0.717, 1.165) is 31.5 Å². The van der Waals surface area contributed by atoms with Crippen LogP contribution >= 0.6 is 0 Å². The molecule has 0 aromatic carbocycles. The van der Waals surface area contributed by atoms with E-state index in [0.29, 0.717) is 0 Å². The minimum Gasteiger partial charge on any atom is -0.381 e. The molecule has 0 radical (unpaired) electrons. The van der Waals surface area contributed by atoms with Gasteiger partial charge in [0.05, 0.1) is 0 Å². The van der Waals surface area contributed by atoms with Crippen LogP contribution in [0.25, 0.3) is 0 Å². The third-order valence-electron chi connectivity index (χ3n) is 2.71. The largest absolute Gasteiger partial charge is 0.381 e. The van der Waals surface area contributed by atoms with Gasteiger partial charge in [0.15, 0.2) is 0 Å². The van der Waals surface area contributed by atoms with Crippen molar-refractivity contribution in [2.75, 3.05) is 13.2 Å². The molecule has 0 heterocycles. The molecule has 1 heteroatoms. The molecule has 0 N–H and O–H groups in total. The Morgan fingerprint density at radius 3 is 2.42 bits per heavy atom. The van der Waals surface area contributed by atoms with Crippen molar-refractivity contribution < 1.29 is 4.74 Å². The van der Waals surface area contributed by atoms with E-state index in [1.807, 2.05) is 0 Å². The van der Waals surface area contributed by atoms with Crippen molar-refractivity contribution in [2.45, 2.75) is 46.0 Å². The van der Waals surface area contributed by atoms with Crippen molar-refractivity contribution in [3.05, 3.63) is 0 Å². The van der Waals surface area contributed by atoms with E-state index in [2.05, 4.69) is 13.8 Å². The molecule has 0 amide bonds. The van der Waals surface area contributed by atoms with E-state index < -0.39 is 0 Å². The molecule has 0 saturated heterocycles. The van der Waals surface area contributed by atoms with Crippen LogP contribution in [-0.2, 0) is 4.74 Å². The van der Waals surface area contributed by atoms with Crippen molar-refractivity contribution in [3.63, 3.8) is 0 Å². The Balaban J connectivity index is 1.83. The number of hydrogen-bond acceptors (Lipinski definition) is 1. The lowest BCUT2D eigenvalue weighted by molar-refractivity contribution is 0.127. The van der Waals surface area contributed by atoms with Gasteiger partial charge < -0.3 is 4.74 Å². The molecule has 1 aliphatic rings. The molecule has 1 rings (SSSR count). The number of ether oxygens (including phenoxy) is 1. The topological polar surface area (TPSA) is 9.23 Å². The number of hydrogen-bond donors (Lipinski definition) is 0. The lowest BCUT2D eigenvalue weighted by Crippen LogP contribution is -1.97. The van der Waals surface area contributed by atoms with E-state index >= 15 is 0 Å². The SMILES string of the molecule is CCCOCCC1CC1CCC. The minimum atomic E-state index is 0.950. The van der Waals surface area contributed by atoms with Crippen LogP contribution in [0.3, 0.4) is 0 Å². The smallest absolute Gasteiger partial charge is 0.0468 e. The maximum absolute atomic E-state index is 5.46. The second-order valence-electron chi connectivity index (χ2n) is 3.95. The van der Waals surface area contributed by atoms with Crippen LogP contribution in [0.4, 0.5) is 0 Å². The maximum Gasteiger partial charge on any atom is 0.0468 e.